The van der Waals surface area contributed by atoms with E-state index in [1.54, 1.807) is 13.8 Å². The fourth-order valence-corrected chi connectivity index (χ4v) is 1.69. The summed E-state index contributed by atoms with van der Waals surface area (Å²) in [7, 11) is 1.25. The average Bonchev–Trinajstić information content (AvgIpc) is 2.39. The van der Waals surface area contributed by atoms with E-state index in [4.69, 9.17) is 11.6 Å². The number of nitrogens with one attached hydrogen (secondary N) is 2. The van der Waals surface area contributed by atoms with Gasteiger partial charge in [0, 0.05) is 5.69 Å². The number of ether oxygens (including phenoxy) is 1. The first kappa shape index (κ1) is 16.2. The molecule has 20 heavy (non-hydrogen) atoms. The highest BCUT2D eigenvalue weighted by molar-refractivity contribution is 6.31. The largest absolute Gasteiger partial charge is 0.467 e. The lowest BCUT2D eigenvalue weighted by Crippen LogP contribution is -2.46. The molecular formula is C13H16ClFN2O3. The molecular weight excluding hydrogens is 287 g/mol. The standard InChI is InChI=1S/C13H16ClFN2O3/c1-7(2)11(12(18)20-3)17-13(19)16-8-4-5-10(15)9(14)6-8/h4-7,11H,1-3H3,(H2,16,17,19). The van der Waals surface area contributed by atoms with Crippen LogP contribution in [-0.2, 0) is 9.53 Å². The third-order valence-corrected chi connectivity index (χ3v) is 2.88. The van der Waals surface area contributed by atoms with Crippen molar-refractivity contribution < 1.29 is 18.7 Å². The van der Waals surface area contributed by atoms with Crippen LogP contribution in [0.1, 0.15) is 13.8 Å². The predicted molar refractivity (Wildman–Crippen MR) is 74.2 cm³/mol. The molecule has 1 aromatic rings. The SMILES string of the molecule is COC(=O)C(NC(=O)Nc1ccc(F)c(Cl)c1)C(C)C. The van der Waals surface area contributed by atoms with Crippen LogP contribution in [0.5, 0.6) is 0 Å². The van der Waals surface area contributed by atoms with Crippen molar-refractivity contribution in [1.29, 1.82) is 0 Å². The van der Waals surface area contributed by atoms with Crippen molar-refractivity contribution in [1.82, 2.24) is 5.32 Å². The van der Waals surface area contributed by atoms with Crippen LogP contribution in [0.2, 0.25) is 5.02 Å². The minimum absolute atomic E-state index is 0.101. The zero-order valence-electron chi connectivity index (χ0n) is 11.4. The monoisotopic (exact) mass is 302 g/mol. The van der Waals surface area contributed by atoms with Gasteiger partial charge in [0.1, 0.15) is 11.9 Å². The molecule has 1 unspecified atom stereocenters. The van der Waals surface area contributed by atoms with E-state index in [1.165, 1.54) is 19.2 Å². The first-order chi connectivity index (χ1) is 9.35. The van der Waals surface area contributed by atoms with Crippen molar-refractivity contribution in [3.8, 4) is 0 Å². The van der Waals surface area contributed by atoms with Gasteiger partial charge in [-0.3, -0.25) is 0 Å². The number of methoxy groups -OCH3 is 1. The summed E-state index contributed by atoms with van der Waals surface area (Å²) >= 11 is 5.61. The zero-order chi connectivity index (χ0) is 15.3. The Balaban J connectivity index is 2.70. The highest BCUT2D eigenvalue weighted by Crippen LogP contribution is 2.19. The van der Waals surface area contributed by atoms with Gasteiger partial charge in [-0.2, -0.15) is 0 Å². The van der Waals surface area contributed by atoms with Gasteiger partial charge in [-0.25, -0.2) is 14.0 Å². The molecule has 1 rings (SSSR count). The maximum Gasteiger partial charge on any atom is 0.328 e. The summed E-state index contributed by atoms with van der Waals surface area (Å²) in [6.45, 7) is 3.55. The van der Waals surface area contributed by atoms with Crippen molar-refractivity contribution in [3.63, 3.8) is 0 Å². The Hall–Kier alpha value is -1.82. The molecule has 0 radical (unpaired) electrons. The first-order valence-electron chi connectivity index (χ1n) is 5.95. The summed E-state index contributed by atoms with van der Waals surface area (Å²) in [4.78, 5) is 23.3. The Labute approximate surface area is 121 Å². The molecule has 0 aliphatic rings. The third kappa shape index (κ3) is 4.38. The van der Waals surface area contributed by atoms with Gasteiger partial charge in [0.15, 0.2) is 0 Å². The number of benzene rings is 1. The second-order valence-corrected chi connectivity index (χ2v) is 4.88. The molecule has 1 aromatic carbocycles. The highest BCUT2D eigenvalue weighted by Gasteiger charge is 2.24. The molecule has 110 valence electrons. The summed E-state index contributed by atoms with van der Waals surface area (Å²) in [5.41, 5.74) is 0.321. The fraction of sp³-hybridized carbons (Fsp3) is 0.385. The number of urea groups is 1. The van der Waals surface area contributed by atoms with E-state index < -0.39 is 23.9 Å². The second kappa shape index (κ2) is 7.09. The molecule has 2 N–H and O–H groups in total. The summed E-state index contributed by atoms with van der Waals surface area (Å²) in [5, 5.41) is 4.85. The van der Waals surface area contributed by atoms with Crippen molar-refractivity contribution in [3.05, 3.63) is 29.0 Å². The Bertz CT molecular complexity index is 508. The smallest absolute Gasteiger partial charge is 0.328 e. The van der Waals surface area contributed by atoms with Crippen molar-refractivity contribution in [2.45, 2.75) is 19.9 Å². The quantitative estimate of drug-likeness (QED) is 0.840. The first-order valence-corrected chi connectivity index (χ1v) is 6.33. The lowest BCUT2D eigenvalue weighted by atomic mass is 10.1. The van der Waals surface area contributed by atoms with Crippen LogP contribution >= 0.6 is 11.6 Å². The van der Waals surface area contributed by atoms with E-state index in [2.05, 4.69) is 15.4 Å². The van der Waals surface area contributed by atoms with E-state index in [9.17, 15) is 14.0 Å². The number of hydrogen-bond acceptors (Lipinski definition) is 3. The minimum atomic E-state index is -0.768. The topological polar surface area (TPSA) is 67.4 Å². The van der Waals surface area contributed by atoms with Crippen molar-refractivity contribution in [2.75, 3.05) is 12.4 Å². The molecule has 1 atom stereocenters. The Morgan fingerprint density at radius 3 is 2.50 bits per heavy atom. The second-order valence-electron chi connectivity index (χ2n) is 4.47. The summed E-state index contributed by atoms with van der Waals surface area (Å²) in [6, 6.07) is 2.41. The molecule has 0 saturated heterocycles. The van der Waals surface area contributed by atoms with Crippen LogP contribution < -0.4 is 10.6 Å². The average molecular weight is 303 g/mol. The predicted octanol–water partition coefficient (Wildman–Crippen LogP) is 2.80. The van der Waals surface area contributed by atoms with Crippen molar-refractivity contribution in [2.24, 2.45) is 5.92 Å². The lowest BCUT2D eigenvalue weighted by Gasteiger charge is -2.20. The van der Waals surface area contributed by atoms with Crippen LogP contribution in [0, 0.1) is 11.7 Å². The number of amides is 2. The molecule has 0 saturated carbocycles. The van der Waals surface area contributed by atoms with Gasteiger partial charge in [0.25, 0.3) is 0 Å². The maximum absolute atomic E-state index is 13.0. The van der Waals surface area contributed by atoms with Gasteiger partial charge in [-0.1, -0.05) is 25.4 Å². The number of carbonyl (C=O) groups is 2. The Morgan fingerprint density at radius 1 is 1.35 bits per heavy atom. The van der Waals surface area contributed by atoms with Gasteiger partial charge < -0.3 is 15.4 Å². The molecule has 0 aromatic heterocycles. The summed E-state index contributed by atoms with van der Waals surface area (Å²) < 4.78 is 17.6. The number of halogens is 2. The molecule has 2 amide bonds. The van der Waals surface area contributed by atoms with E-state index >= 15 is 0 Å². The van der Waals surface area contributed by atoms with E-state index in [0.717, 1.165) is 6.07 Å². The minimum Gasteiger partial charge on any atom is -0.467 e. The molecule has 0 aliphatic heterocycles. The van der Waals surface area contributed by atoms with Gasteiger partial charge in [-0.15, -0.1) is 0 Å². The molecule has 0 spiro atoms. The van der Waals surface area contributed by atoms with E-state index in [1.807, 2.05) is 0 Å². The molecule has 0 aliphatic carbocycles. The Kier molecular flexibility index (Phi) is 5.76. The number of anilines is 1. The number of rotatable bonds is 4. The van der Waals surface area contributed by atoms with Crippen LogP contribution in [-0.4, -0.2) is 25.2 Å². The van der Waals surface area contributed by atoms with E-state index in [-0.39, 0.29) is 10.9 Å². The van der Waals surface area contributed by atoms with E-state index in [0.29, 0.717) is 5.69 Å². The van der Waals surface area contributed by atoms with Crippen LogP contribution in [0.25, 0.3) is 0 Å². The number of esters is 1. The maximum atomic E-state index is 13.0. The van der Waals surface area contributed by atoms with Gasteiger partial charge in [-0.05, 0) is 24.1 Å². The van der Waals surface area contributed by atoms with Gasteiger partial charge >= 0.3 is 12.0 Å². The van der Waals surface area contributed by atoms with Crippen LogP contribution in [0.3, 0.4) is 0 Å². The molecule has 0 fully saturated rings. The van der Waals surface area contributed by atoms with Gasteiger partial charge in [0.05, 0.1) is 12.1 Å². The molecule has 5 nitrogen and oxygen atoms in total. The number of carbonyl (C=O) groups excluding carboxylic acids is 2. The molecule has 0 bridgehead atoms. The lowest BCUT2D eigenvalue weighted by molar-refractivity contribution is -0.143. The van der Waals surface area contributed by atoms with Gasteiger partial charge in [0.2, 0.25) is 0 Å². The molecule has 0 heterocycles. The summed E-state index contributed by atoms with van der Waals surface area (Å²) in [5.74, 6) is -1.25. The fourth-order valence-electron chi connectivity index (χ4n) is 1.51. The highest BCUT2D eigenvalue weighted by atomic mass is 35.5. The Morgan fingerprint density at radius 2 is 2.00 bits per heavy atom. The summed E-state index contributed by atoms with van der Waals surface area (Å²) in [6.07, 6.45) is 0. The molecule has 7 heteroatoms. The van der Waals surface area contributed by atoms with Crippen molar-refractivity contribution >= 4 is 29.3 Å². The zero-order valence-corrected chi connectivity index (χ0v) is 12.1. The third-order valence-electron chi connectivity index (χ3n) is 2.59. The number of hydrogen-bond donors (Lipinski definition) is 2. The van der Waals surface area contributed by atoms with Crippen LogP contribution in [0.15, 0.2) is 18.2 Å². The van der Waals surface area contributed by atoms with Crippen LogP contribution in [0.4, 0.5) is 14.9 Å². The normalized spacial score (nSPS) is 11.9.